The van der Waals surface area contributed by atoms with Gasteiger partial charge in [-0.2, -0.15) is 0 Å². The minimum atomic E-state index is -0.274. The quantitative estimate of drug-likeness (QED) is 0.395. The van der Waals surface area contributed by atoms with Gasteiger partial charge in [-0.05, 0) is 52.6 Å². The third kappa shape index (κ3) is 3.26. The van der Waals surface area contributed by atoms with E-state index in [9.17, 15) is 9.18 Å². The fourth-order valence-corrected chi connectivity index (χ4v) is 4.46. The Hall–Kier alpha value is -3.46. The van der Waals surface area contributed by atoms with Crippen LogP contribution in [0.3, 0.4) is 0 Å². The standard InChI is InChI=1S/C27H22FNO/c1-18-9-11-19(12-10-18)17-29-25-14-13-20-5-2-3-8-23(20)27(25)24(16-26(29)30)21-6-4-7-22(28)15-21/h2-15,24H,16-17H2,1H3. The summed E-state index contributed by atoms with van der Waals surface area (Å²) in [4.78, 5) is 15.1. The Morgan fingerprint density at radius 1 is 0.933 bits per heavy atom. The first-order valence-corrected chi connectivity index (χ1v) is 10.2. The summed E-state index contributed by atoms with van der Waals surface area (Å²) in [6.07, 6.45) is 0.330. The van der Waals surface area contributed by atoms with Crippen molar-refractivity contribution in [3.63, 3.8) is 0 Å². The molecule has 0 spiro atoms. The second-order valence-corrected chi connectivity index (χ2v) is 8.00. The molecule has 1 atom stereocenters. The van der Waals surface area contributed by atoms with E-state index >= 15 is 0 Å². The number of carbonyl (C=O) groups excluding carboxylic acids is 1. The number of hydrogen-bond donors (Lipinski definition) is 0. The summed E-state index contributed by atoms with van der Waals surface area (Å²) in [6, 6.07) is 27.2. The number of carbonyl (C=O) groups is 1. The Labute approximate surface area is 175 Å². The third-order valence-electron chi connectivity index (χ3n) is 5.98. The maximum absolute atomic E-state index is 14.0. The van der Waals surface area contributed by atoms with Crippen LogP contribution in [0.5, 0.6) is 0 Å². The number of nitrogens with zero attached hydrogens (tertiary/aromatic N) is 1. The van der Waals surface area contributed by atoms with E-state index in [4.69, 9.17) is 0 Å². The summed E-state index contributed by atoms with van der Waals surface area (Å²) >= 11 is 0. The van der Waals surface area contributed by atoms with Gasteiger partial charge in [-0.3, -0.25) is 4.79 Å². The van der Waals surface area contributed by atoms with Crippen LogP contribution in [0, 0.1) is 12.7 Å². The molecule has 3 heteroatoms. The van der Waals surface area contributed by atoms with E-state index in [0.29, 0.717) is 13.0 Å². The van der Waals surface area contributed by atoms with Crippen LogP contribution >= 0.6 is 0 Å². The molecule has 1 heterocycles. The smallest absolute Gasteiger partial charge is 0.228 e. The van der Waals surface area contributed by atoms with Gasteiger partial charge in [0, 0.05) is 18.0 Å². The topological polar surface area (TPSA) is 20.3 Å². The fourth-order valence-electron chi connectivity index (χ4n) is 4.46. The van der Waals surface area contributed by atoms with E-state index in [1.54, 1.807) is 12.1 Å². The second kappa shape index (κ2) is 7.42. The van der Waals surface area contributed by atoms with Crippen LogP contribution in [-0.4, -0.2) is 5.91 Å². The monoisotopic (exact) mass is 395 g/mol. The molecule has 148 valence electrons. The van der Waals surface area contributed by atoms with Crippen molar-refractivity contribution < 1.29 is 9.18 Å². The lowest BCUT2D eigenvalue weighted by atomic mass is 9.81. The average molecular weight is 395 g/mol. The molecule has 0 saturated carbocycles. The number of hydrogen-bond acceptors (Lipinski definition) is 1. The van der Waals surface area contributed by atoms with E-state index in [0.717, 1.165) is 33.2 Å². The van der Waals surface area contributed by atoms with Crippen molar-refractivity contribution in [3.8, 4) is 0 Å². The summed E-state index contributed by atoms with van der Waals surface area (Å²) in [5, 5.41) is 2.24. The van der Waals surface area contributed by atoms with Gasteiger partial charge in [0.05, 0.1) is 6.54 Å². The molecule has 0 aliphatic carbocycles. The molecule has 0 aromatic heterocycles. The van der Waals surface area contributed by atoms with Crippen molar-refractivity contribution in [1.82, 2.24) is 0 Å². The number of anilines is 1. The van der Waals surface area contributed by atoms with Crippen molar-refractivity contribution >= 4 is 22.4 Å². The molecule has 1 amide bonds. The number of fused-ring (bicyclic) bond motifs is 3. The summed E-state index contributed by atoms with van der Waals surface area (Å²) < 4.78 is 14.0. The average Bonchev–Trinajstić information content (AvgIpc) is 2.76. The number of rotatable bonds is 3. The first kappa shape index (κ1) is 18.6. The molecule has 1 aliphatic heterocycles. The van der Waals surface area contributed by atoms with Crippen LogP contribution in [0.1, 0.15) is 34.6 Å². The van der Waals surface area contributed by atoms with Crippen molar-refractivity contribution in [1.29, 1.82) is 0 Å². The van der Waals surface area contributed by atoms with E-state index in [1.807, 2.05) is 29.2 Å². The fraction of sp³-hybridized carbons (Fsp3) is 0.148. The number of halogens is 1. The molecule has 4 aromatic rings. The minimum absolute atomic E-state index is 0.0626. The third-order valence-corrected chi connectivity index (χ3v) is 5.98. The van der Waals surface area contributed by atoms with Crippen LogP contribution in [0.2, 0.25) is 0 Å². The first-order valence-electron chi connectivity index (χ1n) is 10.2. The number of aryl methyl sites for hydroxylation is 1. The normalized spacial score (nSPS) is 16.0. The molecule has 0 N–H and O–H groups in total. The zero-order valence-electron chi connectivity index (χ0n) is 16.8. The molecular weight excluding hydrogens is 373 g/mol. The SMILES string of the molecule is Cc1ccc(CN2C(=O)CC(c3cccc(F)c3)c3c2ccc2ccccc32)cc1. The Morgan fingerprint density at radius 3 is 2.53 bits per heavy atom. The summed E-state index contributed by atoms with van der Waals surface area (Å²) in [5.74, 6) is -0.375. The van der Waals surface area contributed by atoms with Gasteiger partial charge < -0.3 is 4.90 Å². The summed E-state index contributed by atoms with van der Waals surface area (Å²) in [5.41, 5.74) is 5.15. The maximum Gasteiger partial charge on any atom is 0.228 e. The molecular formula is C27H22FNO. The highest BCUT2D eigenvalue weighted by Crippen LogP contribution is 2.44. The van der Waals surface area contributed by atoms with Crippen molar-refractivity contribution in [2.75, 3.05) is 4.90 Å². The first-order chi connectivity index (χ1) is 14.6. The van der Waals surface area contributed by atoms with Crippen LogP contribution in [0.25, 0.3) is 10.8 Å². The van der Waals surface area contributed by atoms with Crippen LogP contribution in [0.15, 0.2) is 84.9 Å². The van der Waals surface area contributed by atoms with Gasteiger partial charge in [0.25, 0.3) is 0 Å². The molecule has 5 rings (SSSR count). The van der Waals surface area contributed by atoms with Gasteiger partial charge in [-0.1, -0.05) is 72.3 Å². The van der Waals surface area contributed by atoms with E-state index < -0.39 is 0 Å². The van der Waals surface area contributed by atoms with Gasteiger partial charge in [-0.15, -0.1) is 0 Å². The van der Waals surface area contributed by atoms with Crippen LogP contribution < -0.4 is 4.90 Å². The maximum atomic E-state index is 14.0. The predicted molar refractivity (Wildman–Crippen MR) is 119 cm³/mol. The highest BCUT2D eigenvalue weighted by atomic mass is 19.1. The zero-order valence-corrected chi connectivity index (χ0v) is 16.8. The lowest BCUT2D eigenvalue weighted by molar-refractivity contribution is -0.119. The molecule has 0 radical (unpaired) electrons. The van der Waals surface area contributed by atoms with Gasteiger partial charge in [-0.25, -0.2) is 4.39 Å². The Bertz CT molecular complexity index is 1250. The van der Waals surface area contributed by atoms with E-state index in [1.165, 1.54) is 11.6 Å². The number of benzene rings is 4. The van der Waals surface area contributed by atoms with Gasteiger partial charge in [0.1, 0.15) is 5.82 Å². The van der Waals surface area contributed by atoms with E-state index in [-0.39, 0.29) is 17.6 Å². The zero-order chi connectivity index (χ0) is 20.7. The largest absolute Gasteiger partial charge is 0.308 e. The van der Waals surface area contributed by atoms with Crippen molar-refractivity contribution in [2.24, 2.45) is 0 Å². The van der Waals surface area contributed by atoms with Crippen LogP contribution in [-0.2, 0) is 11.3 Å². The molecule has 1 aliphatic rings. The highest BCUT2D eigenvalue weighted by Gasteiger charge is 2.33. The predicted octanol–water partition coefficient (Wildman–Crippen LogP) is 6.36. The highest BCUT2D eigenvalue weighted by molar-refractivity contribution is 6.03. The van der Waals surface area contributed by atoms with Gasteiger partial charge in [0.15, 0.2) is 0 Å². The lowest BCUT2D eigenvalue weighted by Crippen LogP contribution is -2.36. The second-order valence-electron chi connectivity index (χ2n) is 8.00. The molecule has 2 nitrogen and oxygen atoms in total. The van der Waals surface area contributed by atoms with Crippen LogP contribution in [0.4, 0.5) is 10.1 Å². The molecule has 0 saturated heterocycles. The summed E-state index contributed by atoms with van der Waals surface area (Å²) in [6.45, 7) is 2.58. The molecule has 0 bridgehead atoms. The summed E-state index contributed by atoms with van der Waals surface area (Å²) in [7, 11) is 0. The molecule has 30 heavy (non-hydrogen) atoms. The molecule has 4 aromatic carbocycles. The Morgan fingerprint density at radius 2 is 1.73 bits per heavy atom. The molecule has 0 fully saturated rings. The van der Waals surface area contributed by atoms with Crippen molar-refractivity contribution in [2.45, 2.75) is 25.8 Å². The minimum Gasteiger partial charge on any atom is -0.308 e. The Balaban J connectivity index is 1.68. The molecule has 1 unspecified atom stereocenters. The number of amides is 1. The lowest BCUT2D eigenvalue weighted by Gasteiger charge is -2.35. The van der Waals surface area contributed by atoms with Crippen molar-refractivity contribution in [3.05, 3.63) is 113 Å². The Kier molecular flexibility index (Phi) is 4.59. The van der Waals surface area contributed by atoms with Gasteiger partial charge in [0.2, 0.25) is 5.91 Å². The van der Waals surface area contributed by atoms with E-state index in [2.05, 4.69) is 49.4 Å². The van der Waals surface area contributed by atoms with Gasteiger partial charge >= 0.3 is 0 Å².